The van der Waals surface area contributed by atoms with E-state index in [1.807, 2.05) is 24.3 Å². The van der Waals surface area contributed by atoms with Crippen molar-refractivity contribution in [2.24, 2.45) is 5.73 Å². The number of imidazole rings is 1. The minimum Gasteiger partial charge on any atom is -0.364 e. The lowest BCUT2D eigenvalue weighted by molar-refractivity contribution is 0.0997. The van der Waals surface area contributed by atoms with Crippen LogP contribution in [0.2, 0.25) is 5.02 Å². The SMILES string of the molecule is CC(C)(C)c1ccc(-n2c(=O)[nH]c3c(C(N)=O)nc(-c4cccc(Cl)c4)nc32)cc1. The molecule has 2 aromatic heterocycles. The number of hydrogen-bond acceptors (Lipinski definition) is 4. The summed E-state index contributed by atoms with van der Waals surface area (Å²) in [7, 11) is 0. The quantitative estimate of drug-likeness (QED) is 0.524. The Hall–Kier alpha value is -3.45. The average Bonchev–Trinajstić information content (AvgIpc) is 3.02. The first-order valence-electron chi connectivity index (χ1n) is 9.34. The van der Waals surface area contributed by atoms with Crippen LogP contribution in [0.3, 0.4) is 0 Å². The van der Waals surface area contributed by atoms with Gasteiger partial charge in [0.05, 0.1) is 5.69 Å². The zero-order valence-electron chi connectivity index (χ0n) is 16.7. The molecule has 0 aliphatic rings. The van der Waals surface area contributed by atoms with Crippen molar-refractivity contribution in [2.75, 3.05) is 0 Å². The van der Waals surface area contributed by atoms with E-state index >= 15 is 0 Å². The number of benzene rings is 2. The molecule has 0 saturated heterocycles. The van der Waals surface area contributed by atoms with Gasteiger partial charge in [-0.25, -0.2) is 19.3 Å². The van der Waals surface area contributed by atoms with Gasteiger partial charge in [0.1, 0.15) is 5.52 Å². The molecule has 2 heterocycles. The van der Waals surface area contributed by atoms with E-state index < -0.39 is 11.6 Å². The molecule has 3 N–H and O–H groups in total. The zero-order valence-corrected chi connectivity index (χ0v) is 17.5. The number of H-pyrrole nitrogens is 1. The molecule has 0 spiro atoms. The summed E-state index contributed by atoms with van der Waals surface area (Å²) in [6.07, 6.45) is 0. The fourth-order valence-electron chi connectivity index (χ4n) is 3.27. The van der Waals surface area contributed by atoms with Crippen LogP contribution in [-0.4, -0.2) is 25.4 Å². The number of fused-ring (bicyclic) bond motifs is 1. The highest BCUT2D eigenvalue weighted by molar-refractivity contribution is 6.30. The summed E-state index contributed by atoms with van der Waals surface area (Å²) in [5.41, 5.74) is 7.83. The number of hydrogen-bond donors (Lipinski definition) is 2. The van der Waals surface area contributed by atoms with Crippen LogP contribution in [0.4, 0.5) is 0 Å². The number of aromatic amines is 1. The lowest BCUT2D eigenvalue weighted by Gasteiger charge is -2.19. The van der Waals surface area contributed by atoms with E-state index in [1.54, 1.807) is 24.3 Å². The minimum absolute atomic E-state index is 0.0231. The van der Waals surface area contributed by atoms with Crippen molar-refractivity contribution in [3.63, 3.8) is 0 Å². The maximum absolute atomic E-state index is 12.8. The van der Waals surface area contributed by atoms with Crippen molar-refractivity contribution in [1.29, 1.82) is 0 Å². The Balaban J connectivity index is 1.98. The molecule has 0 radical (unpaired) electrons. The first-order valence-corrected chi connectivity index (χ1v) is 9.72. The second kappa shape index (κ2) is 7.11. The van der Waals surface area contributed by atoms with Crippen LogP contribution in [0.5, 0.6) is 0 Å². The summed E-state index contributed by atoms with van der Waals surface area (Å²) in [5, 5.41) is 0.501. The average molecular weight is 422 g/mol. The standard InChI is InChI=1S/C22H20ClN5O2/c1-22(2,3)13-7-9-15(10-8-13)28-20-17(26-21(28)30)16(18(24)29)25-19(27-20)12-5-4-6-14(23)11-12/h4-11H,1-3H3,(H2,24,29)(H,26,30). The van der Waals surface area contributed by atoms with Crippen LogP contribution >= 0.6 is 11.6 Å². The summed E-state index contributed by atoms with van der Waals surface area (Å²) in [6.45, 7) is 6.34. The summed E-state index contributed by atoms with van der Waals surface area (Å²) >= 11 is 6.09. The fraction of sp³-hybridized carbons (Fsp3) is 0.182. The van der Waals surface area contributed by atoms with Gasteiger partial charge >= 0.3 is 5.69 Å². The Morgan fingerprint density at radius 3 is 2.40 bits per heavy atom. The van der Waals surface area contributed by atoms with Gasteiger partial charge in [0.25, 0.3) is 5.91 Å². The van der Waals surface area contributed by atoms with Crippen LogP contribution < -0.4 is 11.4 Å². The molecule has 30 heavy (non-hydrogen) atoms. The number of rotatable bonds is 3. The first kappa shape index (κ1) is 19.8. The number of carbonyl (C=O) groups is 1. The number of carbonyl (C=O) groups excluding carboxylic acids is 1. The number of primary amides is 1. The monoisotopic (exact) mass is 421 g/mol. The molecule has 0 fully saturated rings. The van der Waals surface area contributed by atoms with Gasteiger partial charge in [-0.2, -0.15) is 0 Å². The molecule has 1 amide bonds. The fourth-order valence-corrected chi connectivity index (χ4v) is 3.46. The van der Waals surface area contributed by atoms with Gasteiger partial charge in [-0.15, -0.1) is 0 Å². The van der Waals surface area contributed by atoms with Gasteiger partial charge < -0.3 is 10.7 Å². The number of nitrogens with two attached hydrogens (primary N) is 1. The smallest absolute Gasteiger partial charge is 0.332 e. The van der Waals surface area contributed by atoms with E-state index in [2.05, 4.69) is 35.7 Å². The Bertz CT molecular complexity index is 1330. The van der Waals surface area contributed by atoms with Crippen molar-refractivity contribution in [2.45, 2.75) is 26.2 Å². The maximum atomic E-state index is 12.8. The third-order valence-electron chi connectivity index (χ3n) is 4.84. The van der Waals surface area contributed by atoms with Crippen molar-refractivity contribution < 1.29 is 4.79 Å². The molecular weight excluding hydrogens is 402 g/mol. The van der Waals surface area contributed by atoms with Gasteiger partial charge in [-0.3, -0.25) is 4.79 Å². The molecule has 7 nitrogen and oxygen atoms in total. The second-order valence-corrected chi connectivity index (χ2v) is 8.47. The number of nitrogens with one attached hydrogen (secondary N) is 1. The summed E-state index contributed by atoms with van der Waals surface area (Å²) in [6, 6.07) is 14.6. The maximum Gasteiger partial charge on any atom is 0.332 e. The van der Waals surface area contributed by atoms with E-state index in [1.165, 1.54) is 4.57 Å². The summed E-state index contributed by atoms with van der Waals surface area (Å²) in [5.74, 6) is -0.514. The van der Waals surface area contributed by atoms with Gasteiger partial charge in [-0.05, 0) is 35.2 Å². The Morgan fingerprint density at radius 1 is 1.10 bits per heavy atom. The molecular formula is C22H20ClN5O2. The van der Waals surface area contributed by atoms with Crippen LogP contribution in [-0.2, 0) is 5.41 Å². The predicted octanol–water partition coefficient (Wildman–Crippen LogP) is 3.83. The second-order valence-electron chi connectivity index (χ2n) is 8.03. The number of amides is 1. The van der Waals surface area contributed by atoms with Crippen LogP contribution in [0.1, 0.15) is 36.8 Å². The molecule has 4 aromatic rings. The van der Waals surface area contributed by atoms with E-state index in [0.717, 1.165) is 5.56 Å². The van der Waals surface area contributed by atoms with Crippen molar-refractivity contribution in [3.8, 4) is 17.1 Å². The highest BCUT2D eigenvalue weighted by atomic mass is 35.5. The van der Waals surface area contributed by atoms with Crippen LogP contribution in [0.25, 0.3) is 28.2 Å². The molecule has 4 rings (SSSR count). The first-order chi connectivity index (χ1) is 14.1. The largest absolute Gasteiger partial charge is 0.364 e. The number of nitrogens with zero attached hydrogens (tertiary/aromatic N) is 3. The number of halogens is 1. The zero-order chi connectivity index (χ0) is 21.6. The Morgan fingerprint density at radius 2 is 1.80 bits per heavy atom. The van der Waals surface area contributed by atoms with Gasteiger partial charge in [-0.1, -0.05) is 56.6 Å². The summed E-state index contributed by atoms with van der Waals surface area (Å²) < 4.78 is 1.41. The van der Waals surface area contributed by atoms with E-state index in [-0.39, 0.29) is 28.1 Å². The van der Waals surface area contributed by atoms with E-state index in [0.29, 0.717) is 16.3 Å². The molecule has 0 saturated carbocycles. The summed E-state index contributed by atoms with van der Waals surface area (Å²) in [4.78, 5) is 36.3. The highest BCUT2D eigenvalue weighted by Gasteiger charge is 2.21. The molecule has 152 valence electrons. The van der Waals surface area contributed by atoms with Gasteiger partial charge in [0.2, 0.25) is 0 Å². The Labute approximate surface area is 177 Å². The molecule has 0 bridgehead atoms. The van der Waals surface area contributed by atoms with Crippen molar-refractivity contribution in [3.05, 3.63) is 75.3 Å². The lowest BCUT2D eigenvalue weighted by Crippen LogP contribution is -2.16. The molecule has 0 aliphatic carbocycles. The highest BCUT2D eigenvalue weighted by Crippen LogP contribution is 2.26. The third kappa shape index (κ3) is 3.48. The molecule has 0 unspecified atom stereocenters. The normalized spacial score (nSPS) is 11.7. The predicted molar refractivity (Wildman–Crippen MR) is 117 cm³/mol. The third-order valence-corrected chi connectivity index (χ3v) is 5.08. The van der Waals surface area contributed by atoms with E-state index in [4.69, 9.17) is 17.3 Å². The topological polar surface area (TPSA) is 107 Å². The van der Waals surface area contributed by atoms with Crippen LogP contribution in [0, 0.1) is 0 Å². The minimum atomic E-state index is -0.762. The van der Waals surface area contributed by atoms with Gasteiger partial charge in [0.15, 0.2) is 17.2 Å². The van der Waals surface area contributed by atoms with E-state index in [9.17, 15) is 9.59 Å². The van der Waals surface area contributed by atoms with Crippen molar-refractivity contribution >= 4 is 28.7 Å². The molecule has 2 aromatic carbocycles. The lowest BCUT2D eigenvalue weighted by atomic mass is 9.87. The number of aromatic nitrogens is 4. The van der Waals surface area contributed by atoms with Gasteiger partial charge in [0, 0.05) is 10.6 Å². The molecule has 0 atom stereocenters. The Kier molecular flexibility index (Phi) is 4.70. The van der Waals surface area contributed by atoms with Crippen LogP contribution in [0.15, 0.2) is 53.3 Å². The molecule has 8 heteroatoms. The molecule has 0 aliphatic heterocycles. The van der Waals surface area contributed by atoms with Crippen molar-refractivity contribution in [1.82, 2.24) is 19.5 Å².